The SMILES string of the molecule is O=C(CN1C(=O)CC2(CCCC2)C1=O)N1CCN(Cc2ccccc2)CC1. The summed E-state index contributed by atoms with van der Waals surface area (Å²) < 4.78 is 0. The standard InChI is InChI=1S/C21H27N3O3/c25-18-14-21(8-4-5-9-21)20(27)24(18)16-19(26)23-12-10-22(11-13-23)15-17-6-2-1-3-7-17/h1-3,6-7H,4-5,8-16H2. The minimum absolute atomic E-state index is 0.0852. The van der Waals surface area contributed by atoms with Crippen molar-refractivity contribution in [1.29, 1.82) is 0 Å². The van der Waals surface area contributed by atoms with Crippen LogP contribution in [0, 0.1) is 5.41 Å². The van der Waals surface area contributed by atoms with Gasteiger partial charge in [-0.15, -0.1) is 0 Å². The molecule has 144 valence electrons. The first-order chi connectivity index (χ1) is 13.1. The number of nitrogens with zero attached hydrogens (tertiary/aromatic N) is 3. The second-order valence-corrected chi connectivity index (χ2v) is 8.09. The third kappa shape index (κ3) is 3.63. The van der Waals surface area contributed by atoms with Gasteiger partial charge in [0.1, 0.15) is 6.54 Å². The van der Waals surface area contributed by atoms with Crippen LogP contribution >= 0.6 is 0 Å². The number of benzene rings is 1. The van der Waals surface area contributed by atoms with E-state index < -0.39 is 5.41 Å². The number of piperazine rings is 1. The average molecular weight is 369 g/mol. The van der Waals surface area contributed by atoms with Gasteiger partial charge in [-0.3, -0.25) is 24.2 Å². The van der Waals surface area contributed by atoms with Gasteiger partial charge in [0.05, 0.1) is 5.41 Å². The van der Waals surface area contributed by atoms with Crippen molar-refractivity contribution in [3.8, 4) is 0 Å². The molecule has 1 saturated carbocycles. The predicted molar refractivity (Wildman–Crippen MR) is 101 cm³/mol. The number of hydrogen-bond donors (Lipinski definition) is 0. The number of imide groups is 1. The van der Waals surface area contributed by atoms with Crippen LogP contribution in [0.2, 0.25) is 0 Å². The molecule has 2 saturated heterocycles. The topological polar surface area (TPSA) is 60.9 Å². The molecule has 0 aromatic heterocycles. The third-order valence-electron chi connectivity index (χ3n) is 6.32. The second-order valence-electron chi connectivity index (χ2n) is 8.09. The van der Waals surface area contributed by atoms with Crippen molar-refractivity contribution in [3.63, 3.8) is 0 Å². The molecule has 3 aliphatic rings. The Morgan fingerprint density at radius 3 is 2.30 bits per heavy atom. The number of carbonyl (C=O) groups is 3. The van der Waals surface area contributed by atoms with Gasteiger partial charge < -0.3 is 4.90 Å². The fourth-order valence-electron chi connectivity index (χ4n) is 4.69. The lowest BCUT2D eigenvalue weighted by atomic mass is 9.84. The van der Waals surface area contributed by atoms with Crippen LogP contribution in [-0.4, -0.2) is 65.1 Å². The first-order valence-corrected chi connectivity index (χ1v) is 9.96. The Kier molecular flexibility index (Phi) is 5.00. The van der Waals surface area contributed by atoms with Gasteiger partial charge in [-0.1, -0.05) is 43.2 Å². The van der Waals surface area contributed by atoms with E-state index in [-0.39, 0.29) is 24.3 Å². The highest BCUT2D eigenvalue weighted by molar-refractivity contribution is 6.08. The monoisotopic (exact) mass is 369 g/mol. The molecular formula is C21H27N3O3. The molecule has 1 spiro atoms. The first kappa shape index (κ1) is 18.2. The number of likely N-dealkylation sites (tertiary alicyclic amines) is 1. The number of carbonyl (C=O) groups excluding carboxylic acids is 3. The molecule has 3 amide bonds. The Hall–Kier alpha value is -2.21. The Labute approximate surface area is 160 Å². The van der Waals surface area contributed by atoms with Crippen molar-refractivity contribution < 1.29 is 14.4 Å². The summed E-state index contributed by atoms with van der Waals surface area (Å²) in [5.74, 6) is -0.384. The van der Waals surface area contributed by atoms with E-state index in [1.54, 1.807) is 4.90 Å². The highest BCUT2D eigenvalue weighted by atomic mass is 16.2. The predicted octanol–water partition coefficient (Wildman–Crippen LogP) is 1.65. The summed E-state index contributed by atoms with van der Waals surface area (Å²) in [4.78, 5) is 43.1. The summed E-state index contributed by atoms with van der Waals surface area (Å²) in [6.07, 6.45) is 3.89. The normalized spacial score (nSPS) is 22.8. The largest absolute Gasteiger partial charge is 0.339 e. The summed E-state index contributed by atoms with van der Waals surface area (Å²) in [6, 6.07) is 10.3. The molecule has 27 heavy (non-hydrogen) atoms. The van der Waals surface area contributed by atoms with Gasteiger partial charge in [0, 0.05) is 39.1 Å². The maximum Gasteiger partial charge on any atom is 0.242 e. The molecule has 1 aromatic rings. The minimum atomic E-state index is -0.494. The number of rotatable bonds is 4. The lowest BCUT2D eigenvalue weighted by Crippen LogP contribution is -2.51. The Morgan fingerprint density at radius 1 is 0.963 bits per heavy atom. The summed E-state index contributed by atoms with van der Waals surface area (Å²) in [5, 5.41) is 0. The van der Waals surface area contributed by atoms with Crippen molar-refractivity contribution >= 4 is 17.7 Å². The van der Waals surface area contributed by atoms with Crippen LogP contribution in [0.15, 0.2) is 30.3 Å². The Bertz CT molecular complexity index is 719. The molecule has 0 unspecified atom stereocenters. The van der Waals surface area contributed by atoms with Crippen molar-refractivity contribution in [2.45, 2.75) is 38.6 Å². The van der Waals surface area contributed by atoms with E-state index in [0.717, 1.165) is 45.3 Å². The maximum absolute atomic E-state index is 12.7. The van der Waals surface area contributed by atoms with Crippen LogP contribution < -0.4 is 0 Å². The maximum atomic E-state index is 12.7. The van der Waals surface area contributed by atoms with Crippen molar-refractivity contribution in [2.24, 2.45) is 5.41 Å². The van der Waals surface area contributed by atoms with Gasteiger partial charge in [-0.05, 0) is 18.4 Å². The summed E-state index contributed by atoms with van der Waals surface area (Å²) in [5.41, 5.74) is 0.776. The first-order valence-electron chi connectivity index (χ1n) is 9.96. The molecule has 6 nitrogen and oxygen atoms in total. The van der Waals surface area contributed by atoms with E-state index in [9.17, 15) is 14.4 Å². The van der Waals surface area contributed by atoms with Gasteiger partial charge in [-0.2, -0.15) is 0 Å². The van der Waals surface area contributed by atoms with Crippen LogP contribution in [0.25, 0.3) is 0 Å². The van der Waals surface area contributed by atoms with Gasteiger partial charge in [0.15, 0.2) is 0 Å². The van der Waals surface area contributed by atoms with Crippen LogP contribution in [-0.2, 0) is 20.9 Å². The zero-order valence-electron chi connectivity index (χ0n) is 15.7. The summed E-state index contributed by atoms with van der Waals surface area (Å²) in [6.45, 7) is 3.71. The van der Waals surface area contributed by atoms with Gasteiger partial charge in [0.2, 0.25) is 17.7 Å². The number of amides is 3. The highest BCUT2D eigenvalue weighted by Gasteiger charge is 2.53. The summed E-state index contributed by atoms with van der Waals surface area (Å²) in [7, 11) is 0. The van der Waals surface area contributed by atoms with Gasteiger partial charge >= 0.3 is 0 Å². The van der Waals surface area contributed by atoms with E-state index >= 15 is 0 Å². The lowest BCUT2D eigenvalue weighted by Gasteiger charge is -2.35. The molecule has 3 fully saturated rings. The lowest BCUT2D eigenvalue weighted by molar-refractivity contribution is -0.148. The van der Waals surface area contributed by atoms with E-state index in [0.29, 0.717) is 19.5 Å². The zero-order chi connectivity index (χ0) is 18.9. The molecular weight excluding hydrogens is 342 g/mol. The van der Waals surface area contributed by atoms with Crippen molar-refractivity contribution in [2.75, 3.05) is 32.7 Å². The molecule has 2 aliphatic heterocycles. The Morgan fingerprint density at radius 2 is 1.63 bits per heavy atom. The van der Waals surface area contributed by atoms with E-state index in [1.165, 1.54) is 10.5 Å². The molecule has 6 heteroatoms. The van der Waals surface area contributed by atoms with E-state index in [4.69, 9.17) is 0 Å². The van der Waals surface area contributed by atoms with E-state index in [2.05, 4.69) is 17.0 Å². The minimum Gasteiger partial charge on any atom is -0.339 e. The molecule has 1 aliphatic carbocycles. The Balaban J connectivity index is 1.30. The van der Waals surface area contributed by atoms with Crippen LogP contribution in [0.1, 0.15) is 37.7 Å². The molecule has 0 bridgehead atoms. The molecule has 4 rings (SSSR count). The smallest absolute Gasteiger partial charge is 0.242 e. The van der Waals surface area contributed by atoms with E-state index in [1.807, 2.05) is 18.2 Å². The van der Waals surface area contributed by atoms with Gasteiger partial charge in [-0.25, -0.2) is 0 Å². The third-order valence-corrected chi connectivity index (χ3v) is 6.32. The van der Waals surface area contributed by atoms with Gasteiger partial charge in [0.25, 0.3) is 0 Å². The highest BCUT2D eigenvalue weighted by Crippen LogP contribution is 2.46. The fourth-order valence-corrected chi connectivity index (χ4v) is 4.69. The average Bonchev–Trinajstić information content (AvgIpc) is 3.24. The molecule has 1 aromatic carbocycles. The number of hydrogen-bond acceptors (Lipinski definition) is 4. The van der Waals surface area contributed by atoms with Crippen LogP contribution in [0.5, 0.6) is 0 Å². The zero-order valence-corrected chi connectivity index (χ0v) is 15.7. The van der Waals surface area contributed by atoms with Crippen LogP contribution in [0.3, 0.4) is 0 Å². The van der Waals surface area contributed by atoms with Crippen molar-refractivity contribution in [3.05, 3.63) is 35.9 Å². The van der Waals surface area contributed by atoms with Crippen LogP contribution in [0.4, 0.5) is 0 Å². The fraction of sp³-hybridized carbons (Fsp3) is 0.571. The summed E-state index contributed by atoms with van der Waals surface area (Å²) >= 11 is 0. The molecule has 2 heterocycles. The second kappa shape index (κ2) is 7.43. The van der Waals surface area contributed by atoms with Crippen molar-refractivity contribution in [1.82, 2.24) is 14.7 Å². The quantitative estimate of drug-likeness (QED) is 0.757. The molecule has 0 radical (unpaired) electrons. The molecule has 0 atom stereocenters. The molecule has 0 N–H and O–H groups in total.